The van der Waals surface area contributed by atoms with Gasteiger partial charge in [-0.3, -0.25) is 14.5 Å². The molecule has 3 aromatic carbocycles. The van der Waals surface area contributed by atoms with Crippen molar-refractivity contribution in [2.24, 2.45) is 0 Å². The number of carbonyl (C=O) groups excluding carboxylic acids is 2. The molecular weight excluding hydrogens is 424 g/mol. The molecule has 1 N–H and O–H groups in total. The smallest absolute Gasteiger partial charge is 0.300 e. The maximum atomic E-state index is 13.4. The van der Waals surface area contributed by atoms with E-state index in [1.807, 2.05) is 62.4 Å². The van der Waals surface area contributed by atoms with Crippen LogP contribution in [0.25, 0.3) is 5.76 Å². The summed E-state index contributed by atoms with van der Waals surface area (Å²) in [5, 5.41) is 11.2. The van der Waals surface area contributed by atoms with Crippen LogP contribution in [-0.4, -0.2) is 29.9 Å². The molecule has 1 heterocycles. The van der Waals surface area contributed by atoms with E-state index >= 15 is 0 Å². The lowest BCUT2D eigenvalue weighted by Gasteiger charge is -2.28. The quantitative estimate of drug-likeness (QED) is 0.292. The molecular formula is C29H30N2O3. The van der Waals surface area contributed by atoms with Crippen LogP contribution in [0.2, 0.25) is 0 Å². The number of Topliss-reactive ketones (excluding diaryl/α,β-unsaturated/α-hetero) is 1. The van der Waals surface area contributed by atoms with E-state index in [4.69, 9.17) is 0 Å². The summed E-state index contributed by atoms with van der Waals surface area (Å²) in [6.45, 7) is 9.89. The van der Waals surface area contributed by atoms with Gasteiger partial charge in [0, 0.05) is 30.0 Å². The number of aliphatic hydroxyl groups is 1. The Morgan fingerprint density at radius 2 is 1.53 bits per heavy atom. The Morgan fingerprint density at radius 3 is 2.15 bits per heavy atom. The van der Waals surface area contributed by atoms with Crippen molar-refractivity contribution < 1.29 is 14.7 Å². The molecule has 1 atom stereocenters. The van der Waals surface area contributed by atoms with Crippen LogP contribution in [0.4, 0.5) is 11.4 Å². The van der Waals surface area contributed by atoms with Crippen molar-refractivity contribution in [3.05, 3.63) is 101 Å². The highest BCUT2D eigenvalue weighted by Gasteiger charge is 2.47. The SMILES string of the molecule is CCN(CC)c1ccc(C2/C(=C(\O)c3ccccc3)C(=O)C(=O)N2c2cccc(C)c2C)cc1. The molecule has 174 valence electrons. The van der Waals surface area contributed by atoms with Gasteiger partial charge in [0.05, 0.1) is 11.6 Å². The van der Waals surface area contributed by atoms with Gasteiger partial charge < -0.3 is 10.0 Å². The number of benzene rings is 3. The summed E-state index contributed by atoms with van der Waals surface area (Å²) in [6, 6.07) is 21.8. The summed E-state index contributed by atoms with van der Waals surface area (Å²) in [4.78, 5) is 30.5. The molecule has 1 aliphatic heterocycles. The molecule has 0 bridgehead atoms. The maximum Gasteiger partial charge on any atom is 0.300 e. The molecule has 0 aliphatic carbocycles. The number of nitrogens with zero attached hydrogens (tertiary/aromatic N) is 2. The Hall–Kier alpha value is -3.86. The van der Waals surface area contributed by atoms with Gasteiger partial charge in [-0.1, -0.05) is 54.6 Å². The van der Waals surface area contributed by atoms with Crippen LogP contribution in [0.5, 0.6) is 0 Å². The average Bonchev–Trinajstić information content (AvgIpc) is 3.12. The normalized spacial score (nSPS) is 17.3. The summed E-state index contributed by atoms with van der Waals surface area (Å²) < 4.78 is 0. The predicted octanol–water partition coefficient (Wildman–Crippen LogP) is 5.78. The Balaban J connectivity index is 1.93. The molecule has 0 saturated carbocycles. The number of ketones is 1. The zero-order valence-electron chi connectivity index (χ0n) is 20.1. The molecule has 1 amide bonds. The first-order valence-corrected chi connectivity index (χ1v) is 11.7. The lowest BCUT2D eigenvalue weighted by atomic mass is 9.94. The van der Waals surface area contributed by atoms with E-state index in [-0.39, 0.29) is 11.3 Å². The third kappa shape index (κ3) is 3.98. The summed E-state index contributed by atoms with van der Waals surface area (Å²) in [6.07, 6.45) is 0. The second-order valence-electron chi connectivity index (χ2n) is 8.52. The molecule has 5 nitrogen and oxygen atoms in total. The Kier molecular flexibility index (Phi) is 6.55. The Labute approximate surface area is 201 Å². The highest BCUT2D eigenvalue weighted by atomic mass is 16.3. The molecule has 1 aliphatic rings. The number of rotatable bonds is 6. The van der Waals surface area contributed by atoms with Crippen molar-refractivity contribution in [1.82, 2.24) is 0 Å². The maximum absolute atomic E-state index is 13.4. The number of carbonyl (C=O) groups is 2. The van der Waals surface area contributed by atoms with Gasteiger partial charge in [0.1, 0.15) is 5.76 Å². The second-order valence-corrected chi connectivity index (χ2v) is 8.52. The lowest BCUT2D eigenvalue weighted by Crippen LogP contribution is -2.30. The molecule has 3 aromatic rings. The summed E-state index contributed by atoms with van der Waals surface area (Å²) in [5.74, 6) is -1.48. The summed E-state index contributed by atoms with van der Waals surface area (Å²) in [7, 11) is 0. The van der Waals surface area contributed by atoms with Gasteiger partial charge in [-0.15, -0.1) is 0 Å². The molecule has 4 rings (SSSR count). The first-order valence-electron chi connectivity index (χ1n) is 11.7. The molecule has 0 radical (unpaired) electrons. The first-order chi connectivity index (χ1) is 16.4. The summed E-state index contributed by atoms with van der Waals surface area (Å²) in [5.41, 5.74) is 5.08. The number of aryl methyl sites for hydroxylation is 1. The second kappa shape index (κ2) is 9.56. The fourth-order valence-electron chi connectivity index (χ4n) is 4.60. The molecule has 0 aromatic heterocycles. The fraction of sp³-hybridized carbons (Fsp3) is 0.241. The van der Waals surface area contributed by atoms with Crippen molar-refractivity contribution in [3.8, 4) is 0 Å². The molecule has 5 heteroatoms. The molecule has 1 saturated heterocycles. The van der Waals surface area contributed by atoms with Gasteiger partial charge in [0.2, 0.25) is 0 Å². The van der Waals surface area contributed by atoms with E-state index in [1.165, 1.54) is 4.90 Å². The van der Waals surface area contributed by atoms with Crippen LogP contribution in [-0.2, 0) is 9.59 Å². The number of hydrogen-bond donors (Lipinski definition) is 1. The van der Waals surface area contributed by atoms with Crippen molar-refractivity contribution in [1.29, 1.82) is 0 Å². The van der Waals surface area contributed by atoms with Gasteiger partial charge in [-0.25, -0.2) is 0 Å². The molecule has 0 spiro atoms. The minimum absolute atomic E-state index is 0.104. The third-order valence-corrected chi connectivity index (χ3v) is 6.66. The van der Waals surface area contributed by atoms with Crippen LogP contribution >= 0.6 is 0 Å². The van der Waals surface area contributed by atoms with E-state index in [2.05, 4.69) is 18.7 Å². The van der Waals surface area contributed by atoms with E-state index < -0.39 is 17.7 Å². The first kappa shape index (κ1) is 23.3. The number of aliphatic hydroxyl groups excluding tert-OH is 1. The zero-order chi connectivity index (χ0) is 24.4. The van der Waals surface area contributed by atoms with Crippen molar-refractivity contribution in [2.75, 3.05) is 22.9 Å². The average molecular weight is 455 g/mol. The van der Waals surface area contributed by atoms with E-state index in [1.54, 1.807) is 24.3 Å². The van der Waals surface area contributed by atoms with Gasteiger partial charge >= 0.3 is 0 Å². The van der Waals surface area contributed by atoms with Gasteiger partial charge in [0.25, 0.3) is 11.7 Å². The van der Waals surface area contributed by atoms with Crippen molar-refractivity contribution in [3.63, 3.8) is 0 Å². The van der Waals surface area contributed by atoms with E-state index in [0.717, 1.165) is 35.5 Å². The standard InChI is InChI=1S/C29H30N2O3/c1-5-30(6-2)23-17-15-21(16-18-23)26-25(27(32)22-12-8-7-9-13-22)28(33)29(34)31(26)24-14-10-11-19(3)20(24)4/h7-18,26,32H,5-6H2,1-4H3/b27-25+. The van der Waals surface area contributed by atoms with Crippen molar-refractivity contribution >= 4 is 28.8 Å². The zero-order valence-corrected chi connectivity index (χ0v) is 20.1. The van der Waals surface area contributed by atoms with Crippen molar-refractivity contribution in [2.45, 2.75) is 33.7 Å². The van der Waals surface area contributed by atoms with Gasteiger partial charge in [0.15, 0.2) is 0 Å². The van der Waals surface area contributed by atoms with Crippen LogP contribution in [0.15, 0.2) is 78.4 Å². The minimum Gasteiger partial charge on any atom is -0.507 e. The van der Waals surface area contributed by atoms with Gasteiger partial charge in [-0.2, -0.15) is 0 Å². The summed E-state index contributed by atoms with van der Waals surface area (Å²) >= 11 is 0. The number of amides is 1. The molecule has 1 unspecified atom stereocenters. The highest BCUT2D eigenvalue weighted by molar-refractivity contribution is 6.51. The third-order valence-electron chi connectivity index (χ3n) is 6.66. The van der Waals surface area contributed by atoms with E-state index in [9.17, 15) is 14.7 Å². The minimum atomic E-state index is -0.730. The lowest BCUT2D eigenvalue weighted by molar-refractivity contribution is -0.132. The Morgan fingerprint density at radius 1 is 0.882 bits per heavy atom. The molecule has 1 fully saturated rings. The Bertz CT molecular complexity index is 1240. The van der Waals surface area contributed by atoms with Crippen LogP contribution in [0, 0.1) is 13.8 Å². The molecule has 34 heavy (non-hydrogen) atoms. The number of anilines is 2. The van der Waals surface area contributed by atoms with Gasteiger partial charge in [-0.05, 0) is 62.6 Å². The topological polar surface area (TPSA) is 60.9 Å². The van der Waals surface area contributed by atoms with E-state index in [0.29, 0.717) is 11.3 Å². The largest absolute Gasteiger partial charge is 0.507 e. The monoisotopic (exact) mass is 454 g/mol. The highest BCUT2D eigenvalue weighted by Crippen LogP contribution is 2.43. The predicted molar refractivity (Wildman–Crippen MR) is 137 cm³/mol. The van der Waals surface area contributed by atoms with Crippen LogP contribution in [0.1, 0.15) is 42.1 Å². The fourth-order valence-corrected chi connectivity index (χ4v) is 4.60. The van der Waals surface area contributed by atoms with Crippen LogP contribution in [0.3, 0.4) is 0 Å². The number of hydrogen-bond acceptors (Lipinski definition) is 4. The van der Waals surface area contributed by atoms with Crippen LogP contribution < -0.4 is 9.80 Å².